The minimum Gasteiger partial charge on any atom is -0.310 e. The van der Waals surface area contributed by atoms with Crippen molar-refractivity contribution in [2.24, 2.45) is 0 Å². The number of thiophene rings is 1. The summed E-state index contributed by atoms with van der Waals surface area (Å²) >= 11 is 4.38. The molecule has 21 heavy (non-hydrogen) atoms. The van der Waals surface area contributed by atoms with Gasteiger partial charge in [-0.15, -0.1) is 11.3 Å². The smallest absolute Gasteiger partial charge is 0.310 e. The van der Waals surface area contributed by atoms with E-state index in [-0.39, 0.29) is 10.9 Å². The summed E-state index contributed by atoms with van der Waals surface area (Å²) in [7, 11) is -3.95. The highest BCUT2D eigenvalue weighted by Crippen LogP contribution is 2.31. The Kier molecular flexibility index (Phi) is 6.66. The number of halogens is 4. The summed E-state index contributed by atoms with van der Waals surface area (Å²) in [5.41, 5.74) is 0. The van der Waals surface area contributed by atoms with Gasteiger partial charge in [0.25, 0.3) is 0 Å². The van der Waals surface area contributed by atoms with Gasteiger partial charge >= 0.3 is 6.18 Å². The summed E-state index contributed by atoms with van der Waals surface area (Å²) in [4.78, 5) is 0.752. The lowest BCUT2D eigenvalue weighted by Crippen LogP contribution is -2.28. The lowest BCUT2D eigenvalue weighted by Gasteiger charge is -2.08. The van der Waals surface area contributed by atoms with Crippen molar-refractivity contribution in [3.05, 3.63) is 14.7 Å². The van der Waals surface area contributed by atoms with E-state index >= 15 is 0 Å². The van der Waals surface area contributed by atoms with Gasteiger partial charge < -0.3 is 5.32 Å². The van der Waals surface area contributed by atoms with Crippen molar-refractivity contribution >= 4 is 37.3 Å². The minimum atomic E-state index is -4.39. The molecule has 0 aliphatic rings. The zero-order valence-corrected chi connectivity index (χ0v) is 14.6. The molecule has 10 heteroatoms. The van der Waals surface area contributed by atoms with Crippen LogP contribution in [0.2, 0.25) is 0 Å². The summed E-state index contributed by atoms with van der Waals surface area (Å²) in [6.07, 6.45) is -5.59. The van der Waals surface area contributed by atoms with Crippen molar-refractivity contribution in [3.8, 4) is 0 Å². The average Bonchev–Trinajstić information content (AvgIpc) is 2.66. The van der Waals surface area contributed by atoms with Crippen molar-refractivity contribution < 1.29 is 21.6 Å². The van der Waals surface area contributed by atoms with Gasteiger partial charge in [-0.2, -0.15) is 13.2 Å². The van der Waals surface area contributed by atoms with Gasteiger partial charge in [-0.3, -0.25) is 0 Å². The maximum atomic E-state index is 12.0. The fraction of sp³-hybridized carbons (Fsp3) is 0.636. The number of hydrogen-bond donors (Lipinski definition) is 2. The van der Waals surface area contributed by atoms with Crippen LogP contribution in [0.15, 0.2) is 14.7 Å². The first-order valence-electron chi connectivity index (χ1n) is 6.09. The molecule has 0 fully saturated rings. The van der Waals surface area contributed by atoms with E-state index in [9.17, 15) is 21.6 Å². The Balaban J connectivity index is 2.74. The molecule has 0 aliphatic carbocycles. The number of hydrogen-bond acceptors (Lipinski definition) is 4. The maximum Gasteiger partial charge on any atom is 0.390 e. The molecule has 1 aromatic rings. The van der Waals surface area contributed by atoms with E-state index in [2.05, 4.69) is 21.2 Å². The summed E-state index contributed by atoms with van der Waals surface area (Å²) in [6, 6.07) is 1.70. The minimum absolute atomic E-state index is 0.0322. The monoisotopic (exact) mass is 408 g/mol. The van der Waals surface area contributed by atoms with Crippen LogP contribution in [0.4, 0.5) is 13.2 Å². The van der Waals surface area contributed by atoms with Gasteiger partial charge in [0, 0.05) is 24.0 Å². The van der Waals surface area contributed by atoms with Crippen LogP contribution in [0.3, 0.4) is 0 Å². The molecule has 0 amide bonds. The SMILES string of the molecule is CC(C)NCc1cc(S(=O)(=O)NCCC(F)(F)F)c(Br)s1. The maximum absolute atomic E-state index is 12.0. The number of sulfonamides is 1. The normalized spacial score (nSPS) is 13.1. The molecular weight excluding hydrogens is 393 g/mol. The van der Waals surface area contributed by atoms with E-state index in [1.54, 1.807) is 0 Å². The van der Waals surface area contributed by atoms with E-state index in [1.807, 2.05) is 18.6 Å². The van der Waals surface area contributed by atoms with Crippen LogP contribution in [0, 0.1) is 0 Å². The van der Waals surface area contributed by atoms with Crippen molar-refractivity contribution in [2.45, 2.75) is 43.9 Å². The molecule has 0 saturated carbocycles. The molecule has 0 bridgehead atoms. The van der Waals surface area contributed by atoms with Crippen LogP contribution in [0.1, 0.15) is 25.1 Å². The van der Waals surface area contributed by atoms with Gasteiger partial charge in [0.15, 0.2) is 0 Å². The standard InChI is InChI=1S/C11H16BrF3N2O2S2/c1-7(2)16-6-8-5-9(10(12)20-8)21(18,19)17-4-3-11(13,14)15/h5,7,16-17H,3-4,6H2,1-2H3. The highest BCUT2D eigenvalue weighted by Gasteiger charge is 2.28. The molecule has 0 saturated heterocycles. The number of alkyl halides is 3. The topological polar surface area (TPSA) is 58.2 Å². The van der Waals surface area contributed by atoms with E-state index < -0.39 is 29.2 Å². The second kappa shape index (κ2) is 7.40. The summed E-state index contributed by atoms with van der Waals surface area (Å²) < 4.78 is 62.4. The van der Waals surface area contributed by atoms with Crippen LogP contribution in [0.5, 0.6) is 0 Å². The van der Waals surface area contributed by atoms with Crippen LogP contribution in [-0.4, -0.2) is 27.2 Å². The van der Waals surface area contributed by atoms with Crippen LogP contribution in [-0.2, 0) is 16.6 Å². The Hall–Kier alpha value is -0.160. The largest absolute Gasteiger partial charge is 0.390 e. The Morgan fingerprint density at radius 3 is 2.52 bits per heavy atom. The molecule has 0 atom stereocenters. The third-order valence-corrected chi connectivity index (χ3v) is 6.09. The quantitative estimate of drug-likeness (QED) is 0.727. The molecule has 0 spiro atoms. The van der Waals surface area contributed by atoms with Crippen molar-refractivity contribution in [3.63, 3.8) is 0 Å². The molecule has 1 heterocycles. The summed E-state index contributed by atoms with van der Waals surface area (Å²) in [5.74, 6) is 0. The first-order valence-corrected chi connectivity index (χ1v) is 9.18. The second-order valence-electron chi connectivity index (χ2n) is 4.65. The molecule has 0 unspecified atom stereocenters. The lowest BCUT2D eigenvalue weighted by atomic mass is 10.4. The molecule has 1 aromatic heterocycles. The highest BCUT2D eigenvalue weighted by atomic mass is 79.9. The van der Waals surface area contributed by atoms with Gasteiger partial charge in [-0.25, -0.2) is 13.1 Å². The van der Waals surface area contributed by atoms with E-state index in [0.717, 1.165) is 4.88 Å². The summed E-state index contributed by atoms with van der Waals surface area (Å²) in [5, 5.41) is 3.14. The van der Waals surface area contributed by atoms with Gasteiger partial charge in [0.05, 0.1) is 10.2 Å². The first kappa shape index (κ1) is 18.9. The fourth-order valence-corrected chi connectivity index (χ4v) is 5.04. The Labute approximate surface area is 134 Å². The van der Waals surface area contributed by atoms with Crippen LogP contribution < -0.4 is 10.0 Å². The van der Waals surface area contributed by atoms with Gasteiger partial charge in [0.1, 0.15) is 4.90 Å². The molecular formula is C11H16BrF3N2O2S2. The van der Waals surface area contributed by atoms with Gasteiger partial charge in [0.2, 0.25) is 10.0 Å². The molecule has 2 N–H and O–H groups in total. The zero-order chi connectivity index (χ0) is 16.3. The molecule has 0 aliphatic heterocycles. The van der Waals surface area contributed by atoms with Gasteiger partial charge in [-0.05, 0) is 22.0 Å². The highest BCUT2D eigenvalue weighted by molar-refractivity contribution is 9.11. The molecule has 1 rings (SSSR count). The molecule has 0 radical (unpaired) electrons. The van der Waals surface area contributed by atoms with Crippen LogP contribution >= 0.6 is 27.3 Å². The Morgan fingerprint density at radius 1 is 1.38 bits per heavy atom. The van der Waals surface area contributed by atoms with E-state index in [4.69, 9.17) is 0 Å². The van der Waals surface area contributed by atoms with Crippen molar-refractivity contribution in [1.82, 2.24) is 10.0 Å². The predicted octanol–water partition coefficient (Wildman–Crippen LogP) is 3.24. The average molecular weight is 409 g/mol. The molecule has 0 aromatic carbocycles. The van der Waals surface area contributed by atoms with Crippen LogP contribution in [0.25, 0.3) is 0 Å². The van der Waals surface area contributed by atoms with E-state index in [0.29, 0.717) is 10.3 Å². The third kappa shape index (κ3) is 6.64. The van der Waals surface area contributed by atoms with Crippen molar-refractivity contribution in [1.29, 1.82) is 0 Å². The number of rotatable bonds is 7. The fourth-order valence-electron chi connectivity index (χ4n) is 1.38. The van der Waals surface area contributed by atoms with Gasteiger partial charge in [-0.1, -0.05) is 13.8 Å². The first-order chi connectivity index (χ1) is 9.51. The van der Waals surface area contributed by atoms with Crippen molar-refractivity contribution in [2.75, 3.05) is 6.54 Å². The zero-order valence-electron chi connectivity index (χ0n) is 11.4. The lowest BCUT2D eigenvalue weighted by molar-refractivity contribution is -0.132. The summed E-state index contributed by atoms with van der Waals surface area (Å²) in [6.45, 7) is 3.74. The second-order valence-corrected chi connectivity index (χ2v) is 8.84. The predicted molar refractivity (Wildman–Crippen MR) is 79.9 cm³/mol. The van der Waals surface area contributed by atoms with E-state index in [1.165, 1.54) is 17.4 Å². The Bertz CT molecular complexity index is 571. The Morgan fingerprint density at radius 2 is 2.00 bits per heavy atom. The molecule has 122 valence electrons. The number of nitrogens with one attached hydrogen (secondary N) is 2. The molecule has 4 nitrogen and oxygen atoms in total. The third-order valence-electron chi connectivity index (χ3n) is 2.38.